The molecule has 0 saturated carbocycles. The van der Waals surface area contributed by atoms with Gasteiger partial charge in [0.1, 0.15) is 5.28 Å². The minimum atomic E-state index is 0.431. The standard InChI is InChI=1S/C4H5N5O/c1-9-3-4(2-6-9)10-8-7-5/h2-3H,1H3. The van der Waals surface area contributed by atoms with Crippen LogP contribution < -0.4 is 4.84 Å². The van der Waals surface area contributed by atoms with E-state index in [-0.39, 0.29) is 0 Å². The summed E-state index contributed by atoms with van der Waals surface area (Å²) in [4.78, 5) is 6.91. The highest BCUT2D eigenvalue weighted by Gasteiger charge is 1.92. The lowest BCUT2D eigenvalue weighted by atomic mass is 10.7. The molecule has 6 nitrogen and oxygen atoms in total. The highest BCUT2D eigenvalue weighted by molar-refractivity contribution is 5.10. The van der Waals surface area contributed by atoms with Crippen LogP contribution in [-0.4, -0.2) is 9.78 Å². The van der Waals surface area contributed by atoms with Gasteiger partial charge in [0.25, 0.3) is 0 Å². The Morgan fingerprint density at radius 3 is 3.20 bits per heavy atom. The molecule has 0 spiro atoms. The van der Waals surface area contributed by atoms with Crippen molar-refractivity contribution in [2.75, 3.05) is 0 Å². The smallest absolute Gasteiger partial charge is 0.174 e. The molecule has 0 radical (unpaired) electrons. The zero-order chi connectivity index (χ0) is 7.40. The molecule has 0 saturated heterocycles. The third kappa shape index (κ3) is 1.40. The molecule has 0 aliphatic rings. The zero-order valence-corrected chi connectivity index (χ0v) is 5.30. The molecule has 0 aromatic carbocycles. The maximum atomic E-state index is 7.84. The lowest BCUT2D eigenvalue weighted by molar-refractivity contribution is 0.332. The van der Waals surface area contributed by atoms with Gasteiger partial charge in [0.2, 0.25) is 0 Å². The molecule has 0 unspecified atom stereocenters. The molecule has 1 aromatic rings. The normalized spacial score (nSPS) is 8.50. The van der Waals surface area contributed by atoms with Crippen molar-refractivity contribution in [3.05, 3.63) is 22.8 Å². The maximum absolute atomic E-state index is 7.84. The van der Waals surface area contributed by atoms with Crippen LogP contribution in [0.3, 0.4) is 0 Å². The summed E-state index contributed by atoms with van der Waals surface area (Å²) in [6.45, 7) is 0. The molecule has 1 heterocycles. The molecule has 10 heavy (non-hydrogen) atoms. The zero-order valence-electron chi connectivity index (χ0n) is 5.30. The SMILES string of the molecule is Cn1cc(ON=[N+]=[N-])cn1. The van der Waals surface area contributed by atoms with Crippen molar-refractivity contribution >= 4 is 0 Å². The van der Waals surface area contributed by atoms with Gasteiger partial charge in [0.05, 0.1) is 12.4 Å². The van der Waals surface area contributed by atoms with Crippen LogP contribution in [0.1, 0.15) is 0 Å². The van der Waals surface area contributed by atoms with Crippen molar-refractivity contribution in [2.24, 2.45) is 12.3 Å². The largest absolute Gasteiger partial charge is 0.391 e. The molecular formula is C4H5N5O. The molecule has 0 amide bonds. The van der Waals surface area contributed by atoms with Gasteiger partial charge >= 0.3 is 0 Å². The number of rotatable bonds is 2. The number of nitrogens with zero attached hydrogens (tertiary/aromatic N) is 5. The van der Waals surface area contributed by atoms with Crippen LogP contribution in [0.4, 0.5) is 0 Å². The van der Waals surface area contributed by atoms with Gasteiger partial charge in [0.15, 0.2) is 5.75 Å². The predicted octanol–water partition coefficient (Wildman–Crippen LogP) is 1.02. The minimum absolute atomic E-state index is 0.431. The van der Waals surface area contributed by atoms with Gasteiger partial charge < -0.3 is 4.84 Å². The predicted molar refractivity (Wildman–Crippen MR) is 33.0 cm³/mol. The van der Waals surface area contributed by atoms with Crippen molar-refractivity contribution in [3.8, 4) is 5.75 Å². The van der Waals surface area contributed by atoms with E-state index < -0.39 is 0 Å². The Morgan fingerprint density at radius 2 is 2.70 bits per heavy atom. The van der Waals surface area contributed by atoms with Crippen LogP contribution in [0, 0.1) is 0 Å². The molecule has 1 rings (SSSR count). The van der Waals surface area contributed by atoms with Crippen LogP contribution in [0.25, 0.3) is 10.4 Å². The fourth-order valence-corrected chi connectivity index (χ4v) is 0.511. The first-order chi connectivity index (χ1) is 4.83. The summed E-state index contributed by atoms with van der Waals surface area (Å²) >= 11 is 0. The summed E-state index contributed by atoms with van der Waals surface area (Å²) in [5.41, 5.74) is 7.84. The molecular weight excluding hydrogens is 134 g/mol. The number of aryl methyl sites for hydroxylation is 1. The summed E-state index contributed by atoms with van der Waals surface area (Å²) in [6, 6.07) is 0. The van der Waals surface area contributed by atoms with Gasteiger partial charge in [-0.25, -0.2) is 0 Å². The van der Waals surface area contributed by atoms with Crippen molar-refractivity contribution < 1.29 is 4.84 Å². The van der Waals surface area contributed by atoms with E-state index in [0.29, 0.717) is 5.75 Å². The van der Waals surface area contributed by atoms with Crippen LogP contribution in [0.5, 0.6) is 5.75 Å². The Labute approximate surface area is 56.6 Å². The second kappa shape index (κ2) is 2.75. The Hall–Kier alpha value is -1.68. The molecule has 0 bridgehead atoms. The Morgan fingerprint density at radius 1 is 1.90 bits per heavy atom. The molecule has 0 N–H and O–H groups in total. The molecule has 0 atom stereocenters. The molecule has 1 aromatic heterocycles. The monoisotopic (exact) mass is 139 g/mol. The van der Waals surface area contributed by atoms with E-state index in [1.54, 1.807) is 17.9 Å². The van der Waals surface area contributed by atoms with E-state index in [4.69, 9.17) is 5.53 Å². The van der Waals surface area contributed by atoms with Gasteiger partial charge in [0, 0.05) is 12.0 Å². The maximum Gasteiger partial charge on any atom is 0.174 e. The lowest BCUT2D eigenvalue weighted by Crippen LogP contribution is -1.84. The highest BCUT2D eigenvalue weighted by atomic mass is 16.6. The van der Waals surface area contributed by atoms with Crippen LogP contribution in [-0.2, 0) is 7.05 Å². The van der Waals surface area contributed by atoms with Crippen molar-refractivity contribution in [1.82, 2.24) is 9.78 Å². The Balaban J connectivity index is 2.66. The van der Waals surface area contributed by atoms with Crippen molar-refractivity contribution in [3.63, 3.8) is 0 Å². The van der Waals surface area contributed by atoms with Crippen molar-refractivity contribution in [1.29, 1.82) is 0 Å². The van der Waals surface area contributed by atoms with Crippen LogP contribution in [0.2, 0.25) is 0 Å². The first-order valence-corrected chi connectivity index (χ1v) is 2.53. The second-order valence-electron chi connectivity index (χ2n) is 1.61. The average Bonchev–Trinajstić information content (AvgIpc) is 2.31. The van der Waals surface area contributed by atoms with Gasteiger partial charge in [-0.3, -0.25) is 4.68 Å². The highest BCUT2D eigenvalue weighted by Crippen LogP contribution is 2.06. The second-order valence-corrected chi connectivity index (χ2v) is 1.61. The van der Waals surface area contributed by atoms with Crippen molar-refractivity contribution in [2.45, 2.75) is 0 Å². The molecule has 6 heteroatoms. The average molecular weight is 139 g/mol. The van der Waals surface area contributed by atoms with Gasteiger partial charge in [-0.1, -0.05) is 0 Å². The number of aromatic nitrogens is 2. The number of hydrogen-bond donors (Lipinski definition) is 0. The summed E-state index contributed by atoms with van der Waals surface area (Å²) in [5, 5.41) is 6.66. The molecule has 0 aliphatic carbocycles. The Kier molecular flexibility index (Phi) is 1.77. The third-order valence-electron chi connectivity index (χ3n) is 0.864. The first kappa shape index (κ1) is 6.44. The molecule has 0 aliphatic heterocycles. The first-order valence-electron chi connectivity index (χ1n) is 2.53. The van der Waals surface area contributed by atoms with E-state index in [1.165, 1.54) is 6.20 Å². The van der Waals surface area contributed by atoms with Gasteiger partial charge in [-0.15, -0.1) is 0 Å². The summed E-state index contributed by atoms with van der Waals surface area (Å²) in [5.74, 6) is 0.431. The summed E-state index contributed by atoms with van der Waals surface area (Å²) in [7, 11) is 1.74. The molecule has 0 fully saturated rings. The van der Waals surface area contributed by atoms with Crippen LogP contribution in [0.15, 0.2) is 17.7 Å². The topological polar surface area (TPSA) is 75.8 Å². The fourth-order valence-electron chi connectivity index (χ4n) is 0.511. The van der Waals surface area contributed by atoms with E-state index in [1.807, 2.05) is 0 Å². The quantitative estimate of drug-likeness (QED) is 0.265. The summed E-state index contributed by atoms with van der Waals surface area (Å²) in [6.07, 6.45) is 3.04. The minimum Gasteiger partial charge on any atom is -0.391 e. The van der Waals surface area contributed by atoms with Crippen LogP contribution >= 0.6 is 0 Å². The molecule has 52 valence electrons. The fraction of sp³-hybridized carbons (Fsp3) is 0.250. The summed E-state index contributed by atoms with van der Waals surface area (Å²) < 4.78 is 1.54. The van der Waals surface area contributed by atoms with Gasteiger partial charge in [-0.2, -0.15) is 5.10 Å². The van der Waals surface area contributed by atoms with E-state index >= 15 is 0 Å². The van der Waals surface area contributed by atoms with Gasteiger partial charge in [-0.05, 0) is 5.53 Å². The lowest BCUT2D eigenvalue weighted by Gasteiger charge is -1.85. The van der Waals surface area contributed by atoms with E-state index in [0.717, 1.165) is 0 Å². The van der Waals surface area contributed by atoms with E-state index in [2.05, 4.69) is 20.1 Å². The number of hydrogen-bond acceptors (Lipinski definition) is 3. The number of azide groups is 1. The van der Waals surface area contributed by atoms with E-state index in [9.17, 15) is 0 Å². The Bertz CT molecular complexity index is 260. The third-order valence-corrected chi connectivity index (χ3v) is 0.864.